The van der Waals surface area contributed by atoms with Gasteiger partial charge in [-0.1, -0.05) is 51.2 Å². The number of hydrogen-bond acceptors (Lipinski definition) is 2. The van der Waals surface area contributed by atoms with Crippen molar-refractivity contribution in [3.05, 3.63) is 46.8 Å². The molecule has 0 spiro atoms. The summed E-state index contributed by atoms with van der Waals surface area (Å²) in [4.78, 5) is 0. The lowest BCUT2D eigenvalue weighted by Gasteiger charge is -2.22. The second kappa shape index (κ2) is 6.59. The molecule has 1 nitrogen and oxygen atoms in total. The van der Waals surface area contributed by atoms with Crippen LogP contribution >= 0.6 is 11.3 Å². The molecule has 0 aliphatic rings. The normalized spacial score (nSPS) is 11.6. The molecule has 0 saturated carbocycles. The van der Waals surface area contributed by atoms with E-state index < -0.39 is 8.07 Å². The smallest absolute Gasteiger partial charge is 0.136 e. The van der Waals surface area contributed by atoms with E-state index in [0.29, 0.717) is 0 Å². The Kier molecular flexibility index (Phi) is 5.05. The number of thiophene rings is 1. The maximum absolute atomic E-state index is 6.23. The van der Waals surface area contributed by atoms with Crippen molar-refractivity contribution in [3.63, 3.8) is 0 Å². The van der Waals surface area contributed by atoms with Gasteiger partial charge in [-0.05, 0) is 39.9 Å². The van der Waals surface area contributed by atoms with E-state index in [2.05, 4.69) is 62.7 Å². The first-order valence-corrected chi connectivity index (χ1v) is 11.4. The molecule has 0 radical (unpaired) electrons. The monoisotopic (exact) mass is 304 g/mol. The van der Waals surface area contributed by atoms with Crippen molar-refractivity contribution < 1.29 is 4.74 Å². The van der Waals surface area contributed by atoms with Gasteiger partial charge in [0.15, 0.2) is 0 Å². The van der Waals surface area contributed by atoms with Gasteiger partial charge in [-0.25, -0.2) is 0 Å². The van der Waals surface area contributed by atoms with Crippen LogP contribution in [0.2, 0.25) is 13.1 Å². The molecule has 0 aliphatic carbocycles. The third-order valence-electron chi connectivity index (χ3n) is 3.70. The second-order valence-electron chi connectivity index (χ2n) is 5.80. The maximum Gasteiger partial charge on any atom is 0.136 e. The number of aryl methyl sites for hydroxylation is 2. The third-order valence-corrected chi connectivity index (χ3v) is 8.76. The summed E-state index contributed by atoms with van der Waals surface area (Å²) in [5.74, 6) is 1.09. The molecular weight excluding hydrogens is 280 g/mol. The highest BCUT2D eigenvalue weighted by atomic mass is 32.1. The fraction of sp³-hybridized carbons (Fsp3) is 0.412. The molecule has 3 heteroatoms. The Morgan fingerprint density at radius 3 is 2.50 bits per heavy atom. The zero-order valence-electron chi connectivity index (χ0n) is 12.9. The molecule has 20 heavy (non-hydrogen) atoms. The zero-order chi connectivity index (χ0) is 14.6. The highest BCUT2D eigenvalue weighted by Gasteiger charge is 2.26. The van der Waals surface area contributed by atoms with Crippen LogP contribution in [0.15, 0.2) is 35.7 Å². The van der Waals surface area contributed by atoms with E-state index in [4.69, 9.17) is 4.74 Å². The summed E-state index contributed by atoms with van der Waals surface area (Å²) in [6.45, 7) is 9.15. The van der Waals surface area contributed by atoms with Crippen LogP contribution in [0.3, 0.4) is 0 Å². The van der Waals surface area contributed by atoms with Crippen molar-refractivity contribution in [3.8, 4) is 5.75 Å². The Balaban J connectivity index is 2.14. The van der Waals surface area contributed by atoms with E-state index in [1.807, 2.05) is 11.3 Å². The molecule has 0 bridgehead atoms. The standard InChI is InChI=1S/C17H24OSSi/c1-5-14-9-10-15(6-2)16(12-14)18-13-20(3,4)17-8-7-11-19-17/h7-12H,5-6,13H2,1-4H3. The Morgan fingerprint density at radius 1 is 1.10 bits per heavy atom. The van der Waals surface area contributed by atoms with Gasteiger partial charge in [0.1, 0.15) is 13.8 Å². The predicted octanol–water partition coefficient (Wildman–Crippen LogP) is 4.41. The van der Waals surface area contributed by atoms with Crippen LogP contribution in [0.4, 0.5) is 0 Å². The molecule has 0 fully saturated rings. The van der Waals surface area contributed by atoms with Crippen molar-refractivity contribution in [2.75, 3.05) is 6.23 Å². The Hall–Kier alpha value is -1.06. The molecule has 2 aromatic rings. The summed E-state index contributed by atoms with van der Waals surface area (Å²) in [6, 6.07) is 11.0. The van der Waals surface area contributed by atoms with E-state index in [0.717, 1.165) is 24.8 Å². The van der Waals surface area contributed by atoms with Gasteiger partial charge in [-0.15, -0.1) is 0 Å². The Labute approximate surface area is 127 Å². The first-order valence-electron chi connectivity index (χ1n) is 7.35. The van der Waals surface area contributed by atoms with Crippen LogP contribution in [0.25, 0.3) is 0 Å². The molecule has 0 atom stereocenters. The lowest BCUT2D eigenvalue weighted by molar-refractivity contribution is 0.375. The molecule has 0 unspecified atom stereocenters. The van der Waals surface area contributed by atoms with Crippen LogP contribution in [-0.4, -0.2) is 14.3 Å². The predicted molar refractivity (Wildman–Crippen MR) is 92.1 cm³/mol. The summed E-state index contributed by atoms with van der Waals surface area (Å²) < 4.78 is 7.74. The lowest BCUT2D eigenvalue weighted by atomic mass is 10.1. The molecule has 0 amide bonds. The molecule has 1 heterocycles. The van der Waals surface area contributed by atoms with Crippen LogP contribution in [0.5, 0.6) is 5.75 Å². The SMILES string of the molecule is CCc1ccc(CC)c(OC[Si](C)(C)c2cccs2)c1. The van der Waals surface area contributed by atoms with Crippen molar-refractivity contribution >= 4 is 23.9 Å². The van der Waals surface area contributed by atoms with Gasteiger partial charge in [0.2, 0.25) is 0 Å². The number of ether oxygens (including phenoxy) is 1. The zero-order valence-corrected chi connectivity index (χ0v) is 14.7. The average Bonchev–Trinajstić information content (AvgIpc) is 3.00. The summed E-state index contributed by atoms with van der Waals surface area (Å²) >= 11 is 1.86. The van der Waals surface area contributed by atoms with Gasteiger partial charge in [0, 0.05) is 0 Å². The van der Waals surface area contributed by atoms with E-state index in [-0.39, 0.29) is 0 Å². The van der Waals surface area contributed by atoms with Gasteiger partial charge in [0.05, 0.1) is 6.23 Å². The highest BCUT2D eigenvalue weighted by Crippen LogP contribution is 2.23. The number of hydrogen-bond donors (Lipinski definition) is 0. The van der Waals surface area contributed by atoms with Crippen LogP contribution < -0.4 is 9.24 Å². The van der Waals surface area contributed by atoms with E-state index >= 15 is 0 Å². The highest BCUT2D eigenvalue weighted by molar-refractivity contribution is 7.25. The quantitative estimate of drug-likeness (QED) is 0.718. The third kappa shape index (κ3) is 3.52. The number of rotatable bonds is 6. The van der Waals surface area contributed by atoms with Crippen molar-refractivity contribution in [2.24, 2.45) is 0 Å². The summed E-state index contributed by atoms with van der Waals surface area (Å²) in [7, 11) is -1.48. The Bertz CT molecular complexity index is 546. The summed E-state index contributed by atoms with van der Waals surface area (Å²) in [5, 5.41) is 2.17. The topological polar surface area (TPSA) is 9.23 Å². The molecule has 1 aromatic heterocycles. The minimum absolute atomic E-state index is 0.855. The van der Waals surface area contributed by atoms with Crippen LogP contribution in [0.1, 0.15) is 25.0 Å². The van der Waals surface area contributed by atoms with Gasteiger partial charge >= 0.3 is 0 Å². The van der Waals surface area contributed by atoms with Crippen LogP contribution in [-0.2, 0) is 12.8 Å². The molecule has 0 N–H and O–H groups in total. The molecule has 0 aliphatic heterocycles. The number of benzene rings is 1. The minimum Gasteiger partial charge on any atom is -0.496 e. The fourth-order valence-corrected chi connectivity index (χ4v) is 5.56. The molecular formula is C17H24OSSi. The summed E-state index contributed by atoms with van der Waals surface area (Å²) in [5.41, 5.74) is 2.67. The van der Waals surface area contributed by atoms with Gasteiger partial charge in [0.25, 0.3) is 0 Å². The average molecular weight is 305 g/mol. The van der Waals surface area contributed by atoms with Crippen molar-refractivity contribution in [2.45, 2.75) is 39.8 Å². The van der Waals surface area contributed by atoms with Gasteiger partial charge < -0.3 is 4.74 Å². The molecule has 1 aromatic carbocycles. The van der Waals surface area contributed by atoms with Gasteiger partial charge in [-0.3, -0.25) is 0 Å². The molecule has 108 valence electrons. The van der Waals surface area contributed by atoms with E-state index in [9.17, 15) is 0 Å². The second-order valence-corrected chi connectivity index (χ2v) is 11.7. The maximum atomic E-state index is 6.23. The molecule has 2 rings (SSSR count). The van der Waals surface area contributed by atoms with Gasteiger partial charge in [-0.2, -0.15) is 11.3 Å². The van der Waals surface area contributed by atoms with E-state index in [1.165, 1.54) is 15.6 Å². The lowest BCUT2D eigenvalue weighted by Crippen LogP contribution is -2.45. The Morgan fingerprint density at radius 2 is 1.90 bits per heavy atom. The summed E-state index contributed by atoms with van der Waals surface area (Å²) in [6.07, 6.45) is 2.94. The van der Waals surface area contributed by atoms with Crippen LogP contribution in [0, 0.1) is 0 Å². The first kappa shape index (κ1) is 15.3. The fourth-order valence-electron chi connectivity index (χ4n) is 2.24. The largest absolute Gasteiger partial charge is 0.496 e. The van der Waals surface area contributed by atoms with E-state index in [1.54, 1.807) is 0 Å². The van der Waals surface area contributed by atoms with Crippen molar-refractivity contribution in [1.29, 1.82) is 0 Å². The first-order chi connectivity index (χ1) is 9.56. The molecule has 0 saturated heterocycles. The minimum atomic E-state index is -1.48. The van der Waals surface area contributed by atoms with Crippen molar-refractivity contribution in [1.82, 2.24) is 0 Å².